The van der Waals surface area contributed by atoms with Gasteiger partial charge in [-0.1, -0.05) is 30.3 Å². The minimum atomic E-state index is -0.457. The van der Waals surface area contributed by atoms with E-state index in [-0.39, 0.29) is 0 Å². The highest BCUT2D eigenvalue weighted by Gasteiger charge is 2.41. The van der Waals surface area contributed by atoms with Crippen molar-refractivity contribution >= 4 is 0 Å². The first-order valence-electron chi connectivity index (χ1n) is 5.97. The Hall–Kier alpha value is -1.61. The van der Waals surface area contributed by atoms with Crippen molar-refractivity contribution in [2.75, 3.05) is 0 Å². The van der Waals surface area contributed by atoms with Crippen molar-refractivity contribution in [1.29, 1.82) is 0 Å². The molecule has 2 aromatic rings. The third-order valence-corrected chi connectivity index (χ3v) is 3.38. The summed E-state index contributed by atoms with van der Waals surface area (Å²) in [6.07, 6.45) is 2.54. The van der Waals surface area contributed by atoms with Crippen LogP contribution in [0.3, 0.4) is 0 Å². The van der Waals surface area contributed by atoms with Crippen LogP contribution < -0.4 is 0 Å². The van der Waals surface area contributed by atoms with Crippen LogP contribution in [0.4, 0.5) is 0 Å². The summed E-state index contributed by atoms with van der Waals surface area (Å²) in [5, 5.41) is 14.4. The molecule has 1 N–H and O–H groups in total. The molecule has 0 amide bonds. The van der Waals surface area contributed by atoms with Gasteiger partial charge in [0.05, 0.1) is 11.3 Å². The van der Waals surface area contributed by atoms with Gasteiger partial charge >= 0.3 is 0 Å². The van der Waals surface area contributed by atoms with Crippen LogP contribution in [0.1, 0.15) is 18.5 Å². The van der Waals surface area contributed by atoms with Gasteiger partial charge in [-0.25, -0.2) is 0 Å². The van der Waals surface area contributed by atoms with E-state index in [1.54, 1.807) is 0 Å². The standard InChI is InChI=1S/C14H16N2O/c1-16-12(10-14(17)7-8-14)9-13(15-16)11-5-3-2-4-6-11/h2-6,9,17H,7-8,10H2,1H3. The summed E-state index contributed by atoms with van der Waals surface area (Å²) in [4.78, 5) is 0. The van der Waals surface area contributed by atoms with Crippen LogP contribution in [-0.4, -0.2) is 20.5 Å². The van der Waals surface area contributed by atoms with Gasteiger partial charge in [0, 0.05) is 24.7 Å². The van der Waals surface area contributed by atoms with Crippen LogP contribution in [-0.2, 0) is 13.5 Å². The van der Waals surface area contributed by atoms with Crippen molar-refractivity contribution in [2.24, 2.45) is 7.05 Å². The van der Waals surface area contributed by atoms with E-state index in [1.165, 1.54) is 0 Å². The second-order valence-corrected chi connectivity index (χ2v) is 4.91. The van der Waals surface area contributed by atoms with Gasteiger partial charge in [0.25, 0.3) is 0 Å². The van der Waals surface area contributed by atoms with Crippen LogP contribution in [0.2, 0.25) is 0 Å². The lowest BCUT2D eigenvalue weighted by molar-refractivity contribution is 0.148. The molecule has 1 fully saturated rings. The van der Waals surface area contributed by atoms with Gasteiger partial charge in [0.1, 0.15) is 0 Å². The number of hydrogen-bond acceptors (Lipinski definition) is 2. The Morgan fingerprint density at radius 1 is 1.29 bits per heavy atom. The fraction of sp³-hybridized carbons (Fsp3) is 0.357. The van der Waals surface area contributed by atoms with E-state index < -0.39 is 5.60 Å². The quantitative estimate of drug-likeness (QED) is 0.874. The molecule has 3 rings (SSSR count). The molecule has 0 unspecified atom stereocenters. The Labute approximate surface area is 101 Å². The SMILES string of the molecule is Cn1nc(-c2ccccc2)cc1CC1(O)CC1. The maximum atomic E-state index is 9.95. The molecular formula is C14H16N2O. The monoisotopic (exact) mass is 228 g/mol. The summed E-state index contributed by atoms with van der Waals surface area (Å²) in [6.45, 7) is 0. The lowest BCUT2D eigenvalue weighted by Gasteiger charge is -2.06. The normalized spacial score (nSPS) is 17.1. The van der Waals surface area contributed by atoms with Crippen LogP contribution >= 0.6 is 0 Å². The Bertz CT molecular complexity index is 526. The van der Waals surface area contributed by atoms with Gasteiger partial charge in [0.15, 0.2) is 0 Å². The summed E-state index contributed by atoms with van der Waals surface area (Å²) in [6, 6.07) is 12.2. The van der Waals surface area contributed by atoms with E-state index >= 15 is 0 Å². The summed E-state index contributed by atoms with van der Waals surface area (Å²) in [5.41, 5.74) is 2.75. The van der Waals surface area contributed by atoms with E-state index in [9.17, 15) is 5.11 Å². The van der Waals surface area contributed by atoms with Crippen LogP contribution in [0.5, 0.6) is 0 Å². The minimum absolute atomic E-state index is 0.457. The van der Waals surface area contributed by atoms with Gasteiger partial charge < -0.3 is 5.11 Å². The molecule has 3 heteroatoms. The third kappa shape index (κ3) is 2.11. The van der Waals surface area contributed by atoms with Crippen molar-refractivity contribution in [3.05, 3.63) is 42.1 Å². The summed E-state index contributed by atoms with van der Waals surface area (Å²) in [7, 11) is 1.94. The number of benzene rings is 1. The van der Waals surface area contributed by atoms with Crippen LogP contribution in [0, 0.1) is 0 Å². The molecule has 0 atom stereocenters. The number of aryl methyl sites for hydroxylation is 1. The van der Waals surface area contributed by atoms with Crippen molar-refractivity contribution in [1.82, 2.24) is 9.78 Å². The first-order chi connectivity index (χ1) is 8.16. The Balaban J connectivity index is 1.90. The Morgan fingerprint density at radius 3 is 2.65 bits per heavy atom. The molecule has 0 radical (unpaired) electrons. The second-order valence-electron chi connectivity index (χ2n) is 4.91. The van der Waals surface area contributed by atoms with Crippen molar-refractivity contribution < 1.29 is 5.11 Å². The number of rotatable bonds is 3. The molecule has 88 valence electrons. The van der Waals surface area contributed by atoms with Crippen molar-refractivity contribution in [2.45, 2.75) is 24.9 Å². The molecule has 3 nitrogen and oxygen atoms in total. The zero-order valence-electron chi connectivity index (χ0n) is 9.93. The van der Waals surface area contributed by atoms with Gasteiger partial charge in [-0.2, -0.15) is 5.10 Å². The fourth-order valence-corrected chi connectivity index (χ4v) is 2.08. The summed E-state index contributed by atoms with van der Waals surface area (Å²) in [5.74, 6) is 0. The minimum Gasteiger partial charge on any atom is -0.389 e. The van der Waals surface area contributed by atoms with Crippen LogP contribution in [0.15, 0.2) is 36.4 Å². The van der Waals surface area contributed by atoms with E-state index in [4.69, 9.17) is 0 Å². The Kier molecular flexibility index (Phi) is 2.30. The zero-order chi connectivity index (χ0) is 11.9. The molecule has 1 aliphatic carbocycles. The first kappa shape index (κ1) is 10.5. The molecule has 1 aromatic carbocycles. The summed E-state index contributed by atoms with van der Waals surface area (Å²) < 4.78 is 1.87. The summed E-state index contributed by atoms with van der Waals surface area (Å²) >= 11 is 0. The largest absolute Gasteiger partial charge is 0.389 e. The van der Waals surface area contributed by atoms with Crippen LogP contribution in [0.25, 0.3) is 11.3 Å². The molecule has 1 saturated carbocycles. The fourth-order valence-electron chi connectivity index (χ4n) is 2.08. The average Bonchev–Trinajstić information content (AvgIpc) is 2.95. The lowest BCUT2D eigenvalue weighted by Crippen LogP contribution is -2.13. The highest BCUT2D eigenvalue weighted by atomic mass is 16.3. The van der Waals surface area contributed by atoms with Crippen molar-refractivity contribution in [3.8, 4) is 11.3 Å². The molecule has 1 heterocycles. The second kappa shape index (κ2) is 3.70. The predicted molar refractivity (Wildman–Crippen MR) is 66.5 cm³/mol. The van der Waals surface area contributed by atoms with Gasteiger partial charge in [0.2, 0.25) is 0 Å². The van der Waals surface area contributed by atoms with Crippen molar-refractivity contribution in [3.63, 3.8) is 0 Å². The van der Waals surface area contributed by atoms with E-state index in [2.05, 4.69) is 23.3 Å². The molecule has 1 aromatic heterocycles. The zero-order valence-corrected chi connectivity index (χ0v) is 9.93. The van der Waals surface area contributed by atoms with Gasteiger partial charge in [-0.15, -0.1) is 0 Å². The number of aromatic nitrogens is 2. The maximum absolute atomic E-state index is 9.95. The molecule has 1 aliphatic rings. The molecule has 0 spiro atoms. The molecule has 0 aliphatic heterocycles. The predicted octanol–water partition coefficient (Wildman–Crippen LogP) is 2.15. The maximum Gasteiger partial charge on any atom is 0.0925 e. The van der Waals surface area contributed by atoms with E-state index in [0.717, 1.165) is 29.8 Å². The van der Waals surface area contributed by atoms with E-state index in [0.29, 0.717) is 6.42 Å². The highest BCUT2D eigenvalue weighted by molar-refractivity contribution is 5.59. The number of hydrogen-bond donors (Lipinski definition) is 1. The Morgan fingerprint density at radius 2 is 2.00 bits per heavy atom. The van der Waals surface area contributed by atoms with E-state index in [1.807, 2.05) is 29.9 Å². The number of aliphatic hydroxyl groups is 1. The average molecular weight is 228 g/mol. The smallest absolute Gasteiger partial charge is 0.0925 e. The molecule has 0 bridgehead atoms. The van der Waals surface area contributed by atoms with Gasteiger partial charge in [-0.3, -0.25) is 4.68 Å². The highest BCUT2D eigenvalue weighted by Crippen LogP contribution is 2.38. The molecule has 0 saturated heterocycles. The first-order valence-corrected chi connectivity index (χ1v) is 5.97. The lowest BCUT2D eigenvalue weighted by atomic mass is 10.1. The topological polar surface area (TPSA) is 38.0 Å². The third-order valence-electron chi connectivity index (χ3n) is 3.38. The number of nitrogens with zero attached hydrogens (tertiary/aromatic N) is 2. The molecule has 17 heavy (non-hydrogen) atoms. The van der Waals surface area contributed by atoms with Gasteiger partial charge in [-0.05, 0) is 18.9 Å². The molecular weight excluding hydrogens is 212 g/mol.